The summed E-state index contributed by atoms with van der Waals surface area (Å²) in [7, 11) is 12.0. The first kappa shape index (κ1) is 43.0. The van der Waals surface area contributed by atoms with Crippen molar-refractivity contribution >= 4 is 29.3 Å². The molecule has 17 heteroatoms. The van der Waals surface area contributed by atoms with E-state index in [1.54, 1.807) is 95.2 Å². The van der Waals surface area contributed by atoms with Crippen molar-refractivity contribution in [1.82, 2.24) is 34.3 Å². The minimum absolute atomic E-state index is 0.0258. The van der Waals surface area contributed by atoms with E-state index < -0.39 is 30.7 Å². The summed E-state index contributed by atoms with van der Waals surface area (Å²) in [5, 5.41) is 30.4. The minimum Gasteiger partial charge on any atom is -0.462 e. The number of ether oxygens (including phenoxy) is 2. The van der Waals surface area contributed by atoms with E-state index in [-0.39, 0.29) is 49.8 Å². The van der Waals surface area contributed by atoms with Gasteiger partial charge in [0.25, 0.3) is 0 Å². The maximum absolute atomic E-state index is 13.7. The van der Waals surface area contributed by atoms with Gasteiger partial charge in [0.05, 0.1) is 32.3 Å². The first-order chi connectivity index (χ1) is 24.5. The molecule has 3 N–H and O–H groups in total. The van der Waals surface area contributed by atoms with Gasteiger partial charge in [-0.3, -0.25) is 38.8 Å². The summed E-state index contributed by atoms with van der Waals surface area (Å²) in [5.74, 6) is 0.0648. The summed E-state index contributed by atoms with van der Waals surface area (Å²) < 4.78 is 11.3. The van der Waals surface area contributed by atoms with Crippen LogP contribution in [0, 0.1) is 0 Å². The van der Waals surface area contributed by atoms with E-state index in [1.807, 2.05) is 4.90 Å². The van der Waals surface area contributed by atoms with Crippen LogP contribution in [0.5, 0.6) is 5.75 Å². The topological polar surface area (TPSA) is 173 Å². The number of benzene rings is 1. The Bertz CT molecular complexity index is 1280. The molecule has 0 aromatic heterocycles. The van der Waals surface area contributed by atoms with E-state index in [4.69, 9.17) is 9.47 Å². The number of likely N-dealkylation sites (N-methyl/N-ethyl adjacent to an activating group) is 4. The molecule has 2 aliphatic heterocycles. The van der Waals surface area contributed by atoms with Gasteiger partial charge in [-0.2, -0.15) is 0 Å². The molecule has 5 atom stereocenters. The molecule has 0 bridgehead atoms. The lowest BCUT2D eigenvalue weighted by molar-refractivity contribution is -0.268. The third-order valence-corrected chi connectivity index (χ3v) is 9.52. The predicted molar refractivity (Wildman–Crippen MR) is 195 cm³/mol. The maximum Gasteiger partial charge on any atom is 0.240 e. The van der Waals surface area contributed by atoms with E-state index in [2.05, 4.69) is 14.7 Å². The fourth-order valence-electron chi connectivity index (χ4n) is 5.64. The molecule has 3 rings (SSSR count). The molecule has 2 heterocycles. The Morgan fingerprint density at radius 3 is 1.29 bits per heavy atom. The standard InChI is InChI=1S/C35H60N8O9/c1-25-32(48)33(49)34(50)35(51-25)52-27-11-9-26(10-12-27)39(8)31(47)24-43-19-17-41(22-29(45)37(4)5)15-13-40(21-28(44)36(2)3)14-16-42(18-20-43)23-30(46)38(6)7/h9-12,25,32-35,48-50H,13-24H2,1-8H3/t25-,32-,33+,34+,35-/m0/s1. The average molecular weight is 737 g/mol. The van der Waals surface area contributed by atoms with Crippen LogP contribution in [-0.4, -0.2) is 232 Å². The van der Waals surface area contributed by atoms with Crippen molar-refractivity contribution in [2.24, 2.45) is 0 Å². The van der Waals surface area contributed by atoms with Gasteiger partial charge in [-0.25, -0.2) is 0 Å². The maximum atomic E-state index is 13.7. The number of anilines is 1. The SMILES string of the molecule is C[C@@H]1O[C@@H](Oc2ccc(N(C)C(=O)CN3CCN(CC(=O)N(C)C)CCN(CC(=O)N(C)C)CCN(CC(=O)N(C)C)CC3)cc2)[C@H](O)[C@H](O)[C@H]1O. The van der Waals surface area contributed by atoms with Crippen LogP contribution in [0.15, 0.2) is 24.3 Å². The molecule has 0 radical (unpaired) electrons. The van der Waals surface area contributed by atoms with E-state index in [9.17, 15) is 34.5 Å². The normalized spacial score (nSPS) is 24.6. The molecule has 4 amide bonds. The number of aliphatic hydroxyl groups excluding tert-OH is 3. The first-order valence-corrected chi connectivity index (χ1v) is 17.7. The van der Waals surface area contributed by atoms with Gasteiger partial charge in [-0.15, -0.1) is 0 Å². The third kappa shape index (κ3) is 12.9. The van der Waals surface area contributed by atoms with Crippen LogP contribution >= 0.6 is 0 Å². The highest BCUT2D eigenvalue weighted by Gasteiger charge is 2.43. The monoisotopic (exact) mass is 736 g/mol. The summed E-state index contributed by atoms with van der Waals surface area (Å²) in [5.41, 5.74) is 0.601. The Kier molecular flexibility index (Phi) is 16.7. The number of aliphatic hydroxyl groups is 3. The van der Waals surface area contributed by atoms with E-state index >= 15 is 0 Å². The van der Waals surface area contributed by atoms with Crippen molar-refractivity contribution < 1.29 is 44.0 Å². The lowest BCUT2D eigenvalue weighted by atomic mass is 10.00. The van der Waals surface area contributed by atoms with Gasteiger partial charge >= 0.3 is 0 Å². The molecule has 52 heavy (non-hydrogen) atoms. The Balaban J connectivity index is 1.75. The van der Waals surface area contributed by atoms with E-state index in [1.165, 1.54) is 4.90 Å². The Labute approximate surface area is 307 Å². The molecule has 2 fully saturated rings. The highest BCUT2D eigenvalue weighted by Crippen LogP contribution is 2.26. The second-order valence-corrected chi connectivity index (χ2v) is 14.2. The summed E-state index contributed by atoms with van der Waals surface area (Å²) in [4.78, 5) is 66.3. The number of hydrogen-bond donors (Lipinski definition) is 3. The summed E-state index contributed by atoms with van der Waals surface area (Å²) in [6.07, 6.45) is -6.04. The van der Waals surface area contributed by atoms with Crippen molar-refractivity contribution in [2.45, 2.75) is 37.6 Å². The lowest BCUT2D eigenvalue weighted by Gasteiger charge is -2.38. The van der Waals surface area contributed by atoms with Crippen LogP contribution in [0.3, 0.4) is 0 Å². The molecule has 0 aliphatic carbocycles. The molecule has 294 valence electrons. The number of nitrogens with zero attached hydrogens (tertiary/aromatic N) is 8. The van der Waals surface area contributed by atoms with Crippen LogP contribution in [0.4, 0.5) is 5.69 Å². The van der Waals surface area contributed by atoms with Gasteiger partial charge in [0.1, 0.15) is 24.1 Å². The Hall–Kier alpha value is -3.42. The zero-order valence-corrected chi connectivity index (χ0v) is 32.1. The zero-order valence-electron chi connectivity index (χ0n) is 32.1. The largest absolute Gasteiger partial charge is 0.462 e. The van der Waals surface area contributed by atoms with Crippen LogP contribution in [0.25, 0.3) is 0 Å². The number of hydrogen-bond acceptors (Lipinski definition) is 13. The average Bonchev–Trinajstić information content (AvgIpc) is 3.10. The van der Waals surface area contributed by atoms with E-state index in [0.717, 1.165) is 0 Å². The van der Waals surface area contributed by atoms with Crippen molar-refractivity contribution in [3.63, 3.8) is 0 Å². The molecular formula is C35H60N8O9. The van der Waals surface area contributed by atoms with Gasteiger partial charge in [0.15, 0.2) is 0 Å². The summed E-state index contributed by atoms with van der Waals surface area (Å²) >= 11 is 0. The highest BCUT2D eigenvalue weighted by molar-refractivity contribution is 5.94. The Morgan fingerprint density at radius 2 is 0.942 bits per heavy atom. The van der Waals surface area contributed by atoms with Gasteiger partial charge in [-0.05, 0) is 31.2 Å². The second-order valence-electron chi connectivity index (χ2n) is 14.2. The number of amides is 4. The van der Waals surface area contributed by atoms with Crippen LogP contribution in [0.1, 0.15) is 6.92 Å². The van der Waals surface area contributed by atoms with Gasteiger partial charge in [0.2, 0.25) is 29.9 Å². The van der Waals surface area contributed by atoms with Gasteiger partial charge < -0.3 is 44.4 Å². The number of carbonyl (C=O) groups excluding carboxylic acids is 4. The van der Waals surface area contributed by atoms with Gasteiger partial charge in [-0.1, -0.05) is 0 Å². The quantitative estimate of drug-likeness (QED) is 0.215. The fraction of sp³-hybridized carbons (Fsp3) is 0.714. The molecule has 0 spiro atoms. The highest BCUT2D eigenvalue weighted by atomic mass is 16.7. The molecule has 2 saturated heterocycles. The number of rotatable bonds is 11. The minimum atomic E-state index is -1.45. The summed E-state index contributed by atoms with van der Waals surface area (Å²) in [6, 6.07) is 6.65. The lowest BCUT2D eigenvalue weighted by Crippen LogP contribution is -2.58. The molecule has 0 unspecified atom stereocenters. The fourth-order valence-corrected chi connectivity index (χ4v) is 5.64. The smallest absolute Gasteiger partial charge is 0.240 e. The van der Waals surface area contributed by atoms with Gasteiger partial charge in [0, 0.05) is 107 Å². The van der Waals surface area contributed by atoms with Crippen molar-refractivity contribution in [3.8, 4) is 5.75 Å². The Morgan fingerprint density at radius 1 is 0.596 bits per heavy atom. The molecule has 1 aromatic rings. The molecular weight excluding hydrogens is 676 g/mol. The second kappa shape index (κ2) is 20.1. The van der Waals surface area contributed by atoms with Crippen molar-refractivity contribution in [2.75, 3.05) is 133 Å². The third-order valence-electron chi connectivity index (χ3n) is 9.52. The number of carbonyl (C=O) groups is 4. The predicted octanol–water partition coefficient (Wildman–Crippen LogP) is -2.66. The summed E-state index contributed by atoms with van der Waals surface area (Å²) in [6.45, 7) is 6.44. The van der Waals surface area contributed by atoms with Crippen molar-refractivity contribution in [3.05, 3.63) is 24.3 Å². The molecule has 17 nitrogen and oxygen atoms in total. The van der Waals surface area contributed by atoms with Crippen LogP contribution in [0.2, 0.25) is 0 Å². The first-order valence-electron chi connectivity index (χ1n) is 17.7. The molecule has 1 aromatic carbocycles. The molecule has 2 aliphatic rings. The molecule has 0 saturated carbocycles. The van der Waals surface area contributed by atoms with Crippen LogP contribution < -0.4 is 9.64 Å². The zero-order chi connectivity index (χ0) is 38.7. The van der Waals surface area contributed by atoms with Crippen molar-refractivity contribution in [1.29, 1.82) is 0 Å². The van der Waals surface area contributed by atoms with E-state index in [0.29, 0.717) is 63.8 Å². The van der Waals surface area contributed by atoms with Crippen LogP contribution in [-0.2, 0) is 23.9 Å².